The van der Waals surface area contributed by atoms with Crippen LogP contribution in [0.2, 0.25) is 5.02 Å². The van der Waals surface area contributed by atoms with Gasteiger partial charge in [-0.25, -0.2) is 4.79 Å². The van der Waals surface area contributed by atoms with Crippen LogP contribution < -0.4 is 20.7 Å². The Kier molecular flexibility index (Phi) is 6.51. The van der Waals surface area contributed by atoms with E-state index in [9.17, 15) is 18.0 Å². The molecule has 11 heteroatoms. The first kappa shape index (κ1) is 23.2. The van der Waals surface area contributed by atoms with Crippen LogP contribution in [0.15, 0.2) is 79.0 Å². The van der Waals surface area contributed by atoms with Crippen molar-refractivity contribution in [1.82, 2.24) is 15.1 Å². The van der Waals surface area contributed by atoms with Crippen molar-refractivity contribution in [3.63, 3.8) is 0 Å². The zero-order valence-corrected chi connectivity index (χ0v) is 18.5. The van der Waals surface area contributed by atoms with Gasteiger partial charge >= 0.3 is 12.2 Å². The largest absolute Gasteiger partial charge is 0.458 e. The number of amides is 2. The number of carbonyl (C=O) groups is 1. The van der Waals surface area contributed by atoms with Gasteiger partial charge in [0, 0.05) is 36.4 Å². The van der Waals surface area contributed by atoms with E-state index in [1.165, 1.54) is 6.07 Å². The Balaban J connectivity index is 1.36. The molecule has 1 aliphatic rings. The van der Waals surface area contributed by atoms with E-state index in [1.807, 2.05) is 19.3 Å². The third-order valence-corrected chi connectivity index (χ3v) is 5.15. The highest BCUT2D eigenvalue weighted by atomic mass is 35.5. The number of hydrogen-bond donors (Lipinski definition) is 3. The lowest BCUT2D eigenvalue weighted by Crippen LogP contribution is -2.20. The molecule has 0 bridgehead atoms. The molecule has 1 aliphatic heterocycles. The molecule has 1 aromatic heterocycles. The van der Waals surface area contributed by atoms with E-state index in [0.717, 1.165) is 17.7 Å². The summed E-state index contributed by atoms with van der Waals surface area (Å²) in [7, 11) is 1.84. The number of nitrogens with zero attached hydrogens (tertiary/aromatic N) is 2. The van der Waals surface area contributed by atoms with Crippen molar-refractivity contribution in [3.05, 3.63) is 95.1 Å². The summed E-state index contributed by atoms with van der Waals surface area (Å²) in [5.74, 6) is 1.18. The van der Waals surface area contributed by atoms with Gasteiger partial charge in [-0.05, 0) is 54.6 Å². The van der Waals surface area contributed by atoms with Crippen LogP contribution in [0.3, 0.4) is 0 Å². The van der Waals surface area contributed by atoms with E-state index in [-0.39, 0.29) is 11.7 Å². The standard InChI is InChI=1S/C23H19ClF3N5O2/c1-32-13-14(12-29-32)21-11-18(8-9-28-21)34-17-5-2-15(3-6-17)30-22(33)31-16-4-7-20(24)19(10-16)23(25,26)27/h2-13,21,28H,1H3,(H2,30,31,33). The molecule has 0 fully saturated rings. The van der Waals surface area contributed by atoms with Crippen LogP contribution in [-0.4, -0.2) is 15.8 Å². The minimum atomic E-state index is -4.63. The molecule has 0 aliphatic carbocycles. The number of anilines is 2. The fourth-order valence-corrected chi connectivity index (χ4v) is 3.44. The summed E-state index contributed by atoms with van der Waals surface area (Å²) >= 11 is 5.60. The van der Waals surface area contributed by atoms with Gasteiger partial charge in [0.2, 0.25) is 0 Å². The number of aromatic nitrogens is 2. The Morgan fingerprint density at radius 1 is 1.15 bits per heavy atom. The maximum absolute atomic E-state index is 13.0. The Labute approximate surface area is 197 Å². The maximum atomic E-state index is 13.0. The second-order valence-electron chi connectivity index (χ2n) is 7.39. The highest BCUT2D eigenvalue weighted by Gasteiger charge is 2.33. The molecule has 3 N–H and O–H groups in total. The summed E-state index contributed by atoms with van der Waals surface area (Å²) in [5.41, 5.74) is 0.349. The summed E-state index contributed by atoms with van der Waals surface area (Å²) < 4.78 is 46.6. The van der Waals surface area contributed by atoms with Crippen LogP contribution in [0.5, 0.6) is 5.75 Å². The van der Waals surface area contributed by atoms with Crippen molar-refractivity contribution < 1.29 is 22.7 Å². The number of nitrogens with one attached hydrogen (secondary N) is 3. The molecule has 7 nitrogen and oxygen atoms in total. The van der Waals surface area contributed by atoms with E-state index < -0.39 is 22.8 Å². The fraction of sp³-hybridized carbons (Fsp3) is 0.130. The zero-order chi connectivity index (χ0) is 24.3. The predicted molar refractivity (Wildman–Crippen MR) is 122 cm³/mol. The monoisotopic (exact) mass is 489 g/mol. The summed E-state index contributed by atoms with van der Waals surface area (Å²) in [6.07, 6.45) is 4.53. The van der Waals surface area contributed by atoms with Gasteiger partial charge in [-0.1, -0.05) is 11.6 Å². The van der Waals surface area contributed by atoms with Gasteiger partial charge in [-0.15, -0.1) is 0 Å². The van der Waals surface area contributed by atoms with Gasteiger partial charge in [0.15, 0.2) is 0 Å². The van der Waals surface area contributed by atoms with Crippen molar-refractivity contribution in [2.75, 3.05) is 10.6 Å². The van der Waals surface area contributed by atoms with Crippen LogP contribution in [0.25, 0.3) is 0 Å². The van der Waals surface area contributed by atoms with Crippen LogP contribution >= 0.6 is 11.6 Å². The first-order valence-electron chi connectivity index (χ1n) is 10.0. The molecule has 0 radical (unpaired) electrons. The normalized spacial score (nSPS) is 15.3. The Morgan fingerprint density at radius 3 is 2.53 bits per heavy atom. The van der Waals surface area contributed by atoms with E-state index in [0.29, 0.717) is 17.2 Å². The smallest absolute Gasteiger partial charge is 0.417 e. The molecule has 1 unspecified atom stereocenters. The number of urea groups is 1. The highest BCUT2D eigenvalue weighted by molar-refractivity contribution is 6.31. The van der Waals surface area contributed by atoms with Crippen LogP contribution in [0, 0.1) is 0 Å². The number of aryl methyl sites for hydroxylation is 1. The lowest BCUT2D eigenvalue weighted by atomic mass is 10.1. The number of ether oxygens (including phenoxy) is 1. The predicted octanol–water partition coefficient (Wildman–Crippen LogP) is 5.86. The number of benzene rings is 2. The lowest BCUT2D eigenvalue weighted by Gasteiger charge is -2.18. The Hall–Kier alpha value is -3.92. The first-order chi connectivity index (χ1) is 16.2. The van der Waals surface area contributed by atoms with Crippen molar-refractivity contribution >= 4 is 29.0 Å². The highest BCUT2D eigenvalue weighted by Crippen LogP contribution is 2.36. The number of dihydropyridines is 1. The third-order valence-electron chi connectivity index (χ3n) is 4.82. The van der Waals surface area contributed by atoms with Crippen LogP contribution in [-0.2, 0) is 13.2 Å². The molecule has 2 amide bonds. The SMILES string of the molecule is Cn1cc(C2C=C(Oc3ccc(NC(=O)Nc4ccc(Cl)c(C(F)(F)F)c4)cc3)C=CN2)cn1. The minimum Gasteiger partial charge on any atom is -0.458 e. The van der Waals surface area contributed by atoms with E-state index in [4.69, 9.17) is 16.3 Å². The molecule has 2 heterocycles. The van der Waals surface area contributed by atoms with Crippen molar-refractivity contribution in [2.24, 2.45) is 7.05 Å². The van der Waals surface area contributed by atoms with Crippen LogP contribution in [0.4, 0.5) is 29.3 Å². The van der Waals surface area contributed by atoms with Crippen LogP contribution in [0.1, 0.15) is 17.2 Å². The van der Waals surface area contributed by atoms with E-state index in [2.05, 4.69) is 21.0 Å². The second kappa shape index (κ2) is 9.52. The Bertz CT molecular complexity index is 1250. The van der Waals surface area contributed by atoms with Gasteiger partial charge in [0.05, 0.1) is 22.8 Å². The second-order valence-corrected chi connectivity index (χ2v) is 7.80. The number of carbonyl (C=O) groups excluding carboxylic acids is 1. The molecule has 0 saturated heterocycles. The van der Waals surface area contributed by atoms with Crippen molar-refractivity contribution in [2.45, 2.75) is 12.2 Å². The molecular formula is C23H19ClF3N5O2. The molecule has 2 aromatic carbocycles. The maximum Gasteiger partial charge on any atom is 0.417 e. The zero-order valence-electron chi connectivity index (χ0n) is 17.7. The number of rotatable bonds is 5. The van der Waals surface area contributed by atoms with Gasteiger partial charge in [0.1, 0.15) is 11.5 Å². The van der Waals surface area contributed by atoms with E-state index in [1.54, 1.807) is 47.4 Å². The van der Waals surface area contributed by atoms with Gasteiger partial charge in [-0.3, -0.25) is 4.68 Å². The molecule has 1 atom stereocenters. The third kappa shape index (κ3) is 5.70. The minimum absolute atomic E-state index is 0.0398. The molecule has 4 rings (SSSR count). The molecule has 34 heavy (non-hydrogen) atoms. The number of hydrogen-bond acceptors (Lipinski definition) is 4. The van der Waals surface area contributed by atoms with Gasteiger partial charge < -0.3 is 20.7 Å². The molecule has 0 saturated carbocycles. The van der Waals surface area contributed by atoms with Crippen molar-refractivity contribution in [1.29, 1.82) is 0 Å². The summed E-state index contributed by atoms with van der Waals surface area (Å²) in [5, 5.41) is 11.9. The molecule has 3 aromatic rings. The van der Waals surface area contributed by atoms with Crippen molar-refractivity contribution in [3.8, 4) is 5.75 Å². The molecular weight excluding hydrogens is 471 g/mol. The summed E-state index contributed by atoms with van der Waals surface area (Å²) in [6.45, 7) is 0. The first-order valence-corrected chi connectivity index (χ1v) is 10.4. The average Bonchev–Trinajstić information content (AvgIpc) is 3.22. The summed E-state index contributed by atoms with van der Waals surface area (Å²) in [4.78, 5) is 12.2. The number of allylic oxidation sites excluding steroid dienone is 1. The lowest BCUT2D eigenvalue weighted by molar-refractivity contribution is -0.137. The van der Waals surface area contributed by atoms with Gasteiger partial charge in [-0.2, -0.15) is 18.3 Å². The quantitative estimate of drug-likeness (QED) is 0.419. The topological polar surface area (TPSA) is 80.2 Å². The summed E-state index contributed by atoms with van der Waals surface area (Å²) in [6, 6.07) is 8.91. The Morgan fingerprint density at radius 2 is 1.85 bits per heavy atom. The van der Waals surface area contributed by atoms with Gasteiger partial charge in [0.25, 0.3) is 0 Å². The number of halogens is 4. The molecule has 0 spiro atoms. The fourth-order valence-electron chi connectivity index (χ4n) is 3.22. The van der Waals surface area contributed by atoms with E-state index >= 15 is 0 Å². The molecule has 176 valence electrons. The number of alkyl halides is 3. The average molecular weight is 490 g/mol.